The van der Waals surface area contributed by atoms with Gasteiger partial charge in [0.05, 0.1) is 6.04 Å². The highest BCUT2D eigenvalue weighted by Crippen LogP contribution is 2.42. The van der Waals surface area contributed by atoms with Crippen LogP contribution in [0.1, 0.15) is 38.3 Å². The lowest BCUT2D eigenvalue weighted by Crippen LogP contribution is -2.48. The zero-order valence-corrected chi connectivity index (χ0v) is 12.8. The molecule has 0 saturated carbocycles. The summed E-state index contributed by atoms with van der Waals surface area (Å²) < 4.78 is 0. The molecule has 2 amide bonds. The first-order valence-electron chi connectivity index (χ1n) is 6.95. The van der Waals surface area contributed by atoms with Gasteiger partial charge in [-0.3, -0.25) is 4.79 Å². The summed E-state index contributed by atoms with van der Waals surface area (Å²) in [6.07, 6.45) is 1.16. The molecule has 1 aliphatic carbocycles. The molecule has 0 radical (unpaired) electrons. The number of rotatable bonds is 1. The number of halogens is 1. The van der Waals surface area contributed by atoms with Gasteiger partial charge >= 0.3 is 6.03 Å². The number of carbonyl (C=O) groups excluding carboxylic acids is 2. The third-order valence-corrected chi connectivity index (χ3v) is 4.31. The molecule has 5 heteroatoms. The molecule has 0 saturated heterocycles. The lowest BCUT2D eigenvalue weighted by atomic mass is 9.73. The van der Waals surface area contributed by atoms with Gasteiger partial charge in [0.25, 0.3) is 0 Å². The van der Waals surface area contributed by atoms with Crippen molar-refractivity contribution >= 4 is 23.4 Å². The van der Waals surface area contributed by atoms with Crippen molar-refractivity contribution in [1.29, 1.82) is 0 Å². The Morgan fingerprint density at radius 2 is 1.90 bits per heavy atom. The first kappa shape index (κ1) is 14.1. The molecule has 1 aromatic rings. The number of ketones is 1. The second-order valence-corrected chi connectivity index (χ2v) is 6.79. The zero-order valence-electron chi connectivity index (χ0n) is 12.0. The quantitative estimate of drug-likeness (QED) is 0.836. The second kappa shape index (κ2) is 4.88. The van der Waals surface area contributed by atoms with Crippen molar-refractivity contribution in [2.75, 3.05) is 0 Å². The second-order valence-electron chi connectivity index (χ2n) is 6.39. The highest BCUT2D eigenvalue weighted by molar-refractivity contribution is 6.31. The predicted octanol–water partition coefficient (Wildman–Crippen LogP) is 3.34. The van der Waals surface area contributed by atoms with Crippen LogP contribution in [0.4, 0.5) is 4.79 Å². The van der Waals surface area contributed by atoms with Crippen LogP contribution in [-0.4, -0.2) is 11.8 Å². The number of carbonyl (C=O) groups is 2. The van der Waals surface area contributed by atoms with Crippen LogP contribution >= 0.6 is 11.6 Å². The van der Waals surface area contributed by atoms with E-state index in [-0.39, 0.29) is 17.2 Å². The van der Waals surface area contributed by atoms with E-state index < -0.39 is 6.04 Å². The molecule has 1 aliphatic heterocycles. The molecule has 1 atom stereocenters. The summed E-state index contributed by atoms with van der Waals surface area (Å²) in [5.74, 6) is 0.0682. The smallest absolute Gasteiger partial charge is 0.319 e. The molecular weight excluding hydrogens is 288 g/mol. The molecule has 0 unspecified atom stereocenters. The van der Waals surface area contributed by atoms with E-state index in [9.17, 15) is 9.59 Å². The number of hydrogen-bond acceptors (Lipinski definition) is 2. The van der Waals surface area contributed by atoms with Gasteiger partial charge in [-0.05, 0) is 23.5 Å². The van der Waals surface area contributed by atoms with Gasteiger partial charge in [-0.2, -0.15) is 0 Å². The Hall–Kier alpha value is -1.81. The Morgan fingerprint density at radius 1 is 1.19 bits per heavy atom. The maximum Gasteiger partial charge on any atom is 0.319 e. The van der Waals surface area contributed by atoms with Gasteiger partial charge in [-0.25, -0.2) is 4.79 Å². The Bertz CT molecular complexity index is 664. The number of nitrogens with one attached hydrogen (secondary N) is 2. The fraction of sp³-hybridized carbons (Fsp3) is 0.375. The molecule has 4 nitrogen and oxygen atoms in total. The fourth-order valence-corrected chi connectivity index (χ4v) is 3.34. The minimum atomic E-state index is -0.467. The van der Waals surface area contributed by atoms with Crippen molar-refractivity contribution in [3.8, 4) is 0 Å². The first-order valence-corrected chi connectivity index (χ1v) is 7.33. The summed E-state index contributed by atoms with van der Waals surface area (Å²) in [6, 6.07) is 6.54. The van der Waals surface area contributed by atoms with E-state index in [1.54, 1.807) is 6.07 Å². The van der Waals surface area contributed by atoms with Crippen LogP contribution in [0.3, 0.4) is 0 Å². The third kappa shape index (κ3) is 2.56. The normalized spacial score (nSPS) is 24.2. The SMILES string of the molecule is CC1(C)CC(=O)C2=C(C1)NC(=O)N[C@@H]2c1ccccc1Cl. The van der Waals surface area contributed by atoms with Gasteiger partial charge in [0, 0.05) is 22.7 Å². The highest BCUT2D eigenvalue weighted by atomic mass is 35.5. The number of hydrogen-bond donors (Lipinski definition) is 2. The molecule has 3 rings (SSSR count). The van der Waals surface area contributed by atoms with Crippen LogP contribution in [-0.2, 0) is 4.79 Å². The Kier molecular flexibility index (Phi) is 3.29. The summed E-state index contributed by atoms with van der Waals surface area (Å²) in [4.78, 5) is 24.5. The minimum absolute atomic E-state index is 0.0682. The molecule has 0 fully saturated rings. The maximum atomic E-state index is 12.6. The maximum absolute atomic E-state index is 12.6. The molecule has 0 spiro atoms. The number of allylic oxidation sites excluding steroid dienone is 1. The molecule has 2 N–H and O–H groups in total. The van der Waals surface area contributed by atoms with E-state index >= 15 is 0 Å². The van der Waals surface area contributed by atoms with Gasteiger partial charge in [-0.1, -0.05) is 43.6 Å². The van der Waals surface area contributed by atoms with Gasteiger partial charge < -0.3 is 10.6 Å². The predicted molar refractivity (Wildman–Crippen MR) is 80.9 cm³/mol. The van der Waals surface area contributed by atoms with E-state index in [1.807, 2.05) is 32.0 Å². The van der Waals surface area contributed by atoms with E-state index in [0.29, 0.717) is 23.4 Å². The fourth-order valence-electron chi connectivity index (χ4n) is 3.10. The number of urea groups is 1. The highest BCUT2D eigenvalue weighted by Gasteiger charge is 2.40. The van der Waals surface area contributed by atoms with Gasteiger partial charge in [0.2, 0.25) is 0 Å². The van der Waals surface area contributed by atoms with Crippen molar-refractivity contribution in [1.82, 2.24) is 10.6 Å². The van der Waals surface area contributed by atoms with Crippen LogP contribution in [0.15, 0.2) is 35.5 Å². The summed E-state index contributed by atoms with van der Waals surface area (Å²) in [5.41, 5.74) is 1.99. The average molecular weight is 305 g/mol. The number of amides is 2. The third-order valence-electron chi connectivity index (χ3n) is 3.96. The summed E-state index contributed by atoms with van der Waals surface area (Å²) in [7, 11) is 0. The average Bonchev–Trinajstić information content (AvgIpc) is 2.36. The van der Waals surface area contributed by atoms with E-state index in [2.05, 4.69) is 10.6 Å². The Balaban J connectivity index is 2.11. The summed E-state index contributed by atoms with van der Waals surface area (Å²) >= 11 is 6.23. The largest absolute Gasteiger partial charge is 0.327 e. The van der Waals surface area contributed by atoms with Crippen LogP contribution in [0, 0.1) is 5.41 Å². The van der Waals surface area contributed by atoms with Crippen molar-refractivity contribution in [3.63, 3.8) is 0 Å². The summed E-state index contributed by atoms with van der Waals surface area (Å²) in [6.45, 7) is 4.07. The van der Waals surface area contributed by atoms with E-state index in [1.165, 1.54) is 0 Å². The molecule has 21 heavy (non-hydrogen) atoms. The molecule has 1 aromatic carbocycles. The standard InChI is InChI=1S/C16H17ClN2O2/c1-16(2)7-11-13(12(20)8-16)14(19-15(21)18-11)9-5-3-4-6-10(9)17/h3-6,14H,7-8H2,1-2H3,(H2,18,19,21)/t14-/m1/s1. The Labute approximate surface area is 128 Å². The van der Waals surface area contributed by atoms with Gasteiger partial charge in [0.1, 0.15) is 0 Å². The monoisotopic (exact) mass is 304 g/mol. The zero-order chi connectivity index (χ0) is 15.2. The van der Waals surface area contributed by atoms with Crippen molar-refractivity contribution in [2.24, 2.45) is 5.41 Å². The van der Waals surface area contributed by atoms with Crippen LogP contribution in [0.25, 0.3) is 0 Å². The number of Topliss-reactive ketones (excluding diaryl/α,β-unsaturated/α-hetero) is 1. The lowest BCUT2D eigenvalue weighted by Gasteiger charge is -2.38. The van der Waals surface area contributed by atoms with Crippen LogP contribution in [0.2, 0.25) is 5.02 Å². The Morgan fingerprint density at radius 3 is 2.62 bits per heavy atom. The first-order chi connectivity index (χ1) is 9.87. The van der Waals surface area contributed by atoms with Gasteiger partial charge in [-0.15, -0.1) is 0 Å². The van der Waals surface area contributed by atoms with Crippen LogP contribution in [0.5, 0.6) is 0 Å². The molecule has 1 heterocycles. The topological polar surface area (TPSA) is 58.2 Å². The summed E-state index contributed by atoms with van der Waals surface area (Å²) in [5, 5.41) is 6.16. The lowest BCUT2D eigenvalue weighted by molar-refractivity contribution is -0.118. The molecule has 0 aromatic heterocycles. The van der Waals surface area contributed by atoms with E-state index in [4.69, 9.17) is 11.6 Å². The molecule has 0 bridgehead atoms. The molecule has 2 aliphatic rings. The van der Waals surface area contributed by atoms with E-state index in [0.717, 1.165) is 11.3 Å². The van der Waals surface area contributed by atoms with Gasteiger partial charge in [0.15, 0.2) is 5.78 Å². The van der Waals surface area contributed by atoms with Crippen molar-refractivity contribution in [3.05, 3.63) is 46.1 Å². The molecular formula is C16H17ClN2O2. The minimum Gasteiger partial charge on any atom is -0.327 e. The van der Waals surface area contributed by atoms with Crippen molar-refractivity contribution < 1.29 is 9.59 Å². The number of benzene rings is 1. The van der Waals surface area contributed by atoms with Crippen LogP contribution < -0.4 is 10.6 Å². The molecule has 110 valence electrons. The van der Waals surface area contributed by atoms with Crippen molar-refractivity contribution in [2.45, 2.75) is 32.7 Å².